The van der Waals surface area contributed by atoms with Crippen LogP contribution in [0.25, 0.3) is 0 Å². The summed E-state index contributed by atoms with van der Waals surface area (Å²) in [6, 6.07) is 1.76. The van der Waals surface area contributed by atoms with Gasteiger partial charge in [0.15, 0.2) is 5.60 Å². The van der Waals surface area contributed by atoms with Crippen LogP contribution in [0.3, 0.4) is 0 Å². The monoisotopic (exact) mass is 191 g/mol. The van der Waals surface area contributed by atoms with Gasteiger partial charge in [0.2, 0.25) is 0 Å². The van der Waals surface area contributed by atoms with Crippen LogP contribution in [0.5, 0.6) is 5.88 Å². The Morgan fingerprint density at radius 2 is 2.29 bits per heavy atom. The van der Waals surface area contributed by atoms with E-state index in [0.717, 1.165) is 18.5 Å². The largest absolute Gasteiger partial charge is 0.458 e. The minimum Gasteiger partial charge on any atom is -0.458 e. The zero-order chi connectivity index (χ0) is 9.76. The summed E-state index contributed by atoms with van der Waals surface area (Å²) in [4.78, 5) is 11.6. The third-order valence-electron chi connectivity index (χ3n) is 2.54. The number of aromatic nitrogens is 2. The van der Waals surface area contributed by atoms with Gasteiger partial charge in [0, 0.05) is 12.8 Å². The van der Waals surface area contributed by atoms with Crippen molar-refractivity contribution >= 4 is 11.6 Å². The number of nitrogens with one attached hydrogen (secondary N) is 1. The summed E-state index contributed by atoms with van der Waals surface area (Å²) < 4.78 is 5.51. The second-order valence-electron chi connectivity index (χ2n) is 3.76. The minimum absolute atomic E-state index is 0.0580. The summed E-state index contributed by atoms with van der Waals surface area (Å²) in [7, 11) is 0. The van der Waals surface area contributed by atoms with Crippen molar-refractivity contribution in [1.82, 2.24) is 10.2 Å². The Bertz CT molecular complexity index is 426. The van der Waals surface area contributed by atoms with Crippen LogP contribution in [0, 0.1) is 6.92 Å². The molecule has 5 heteroatoms. The Hall–Kier alpha value is -1.65. The predicted molar refractivity (Wildman–Crippen MR) is 48.0 cm³/mol. The molecule has 1 fully saturated rings. The molecule has 1 N–H and O–H groups in total. The molecule has 1 aliphatic carbocycles. The molecular formula is C9H9N3O2. The molecule has 1 spiro atoms. The highest BCUT2D eigenvalue weighted by Gasteiger charge is 2.55. The van der Waals surface area contributed by atoms with Gasteiger partial charge in [-0.05, 0) is 13.0 Å². The Morgan fingerprint density at radius 3 is 3.00 bits per heavy atom. The van der Waals surface area contributed by atoms with Crippen LogP contribution in [-0.2, 0) is 4.79 Å². The van der Waals surface area contributed by atoms with Gasteiger partial charge in [-0.3, -0.25) is 4.79 Å². The normalized spacial score (nSPS) is 21.1. The van der Waals surface area contributed by atoms with E-state index in [0.29, 0.717) is 11.6 Å². The van der Waals surface area contributed by atoms with E-state index in [4.69, 9.17) is 4.74 Å². The summed E-state index contributed by atoms with van der Waals surface area (Å²) in [5.74, 6) is 0.380. The van der Waals surface area contributed by atoms with Gasteiger partial charge in [-0.25, -0.2) is 0 Å². The van der Waals surface area contributed by atoms with Crippen molar-refractivity contribution in [3.63, 3.8) is 0 Å². The van der Waals surface area contributed by atoms with E-state index in [1.807, 2.05) is 6.92 Å². The first-order valence-corrected chi connectivity index (χ1v) is 4.54. The Labute approximate surface area is 80.5 Å². The molecule has 72 valence electrons. The second kappa shape index (κ2) is 2.23. The van der Waals surface area contributed by atoms with E-state index in [1.165, 1.54) is 0 Å². The average Bonchev–Trinajstić information content (AvgIpc) is 2.89. The summed E-state index contributed by atoms with van der Waals surface area (Å²) >= 11 is 0. The van der Waals surface area contributed by atoms with Gasteiger partial charge in [-0.1, -0.05) is 0 Å². The van der Waals surface area contributed by atoms with Crippen molar-refractivity contribution in [1.29, 1.82) is 0 Å². The number of ether oxygens (including phenoxy) is 1. The van der Waals surface area contributed by atoms with E-state index >= 15 is 0 Å². The van der Waals surface area contributed by atoms with Crippen LogP contribution in [-0.4, -0.2) is 21.7 Å². The molecule has 0 unspecified atom stereocenters. The molecule has 1 aromatic heterocycles. The topological polar surface area (TPSA) is 64.1 Å². The smallest absolute Gasteiger partial charge is 0.268 e. The SMILES string of the molecule is Cc1cc2c(nn1)OC1(CC1)C(=O)N2. The number of amides is 1. The molecule has 1 aromatic rings. The second-order valence-corrected chi connectivity index (χ2v) is 3.76. The molecule has 0 aromatic carbocycles. The molecule has 0 bridgehead atoms. The Balaban J connectivity index is 2.06. The standard InChI is InChI=1S/C9H9N3O2/c1-5-4-6-7(12-11-5)14-9(2-3-9)8(13)10-6/h4H,2-3H2,1H3,(H,10,13). The maximum atomic E-state index is 11.6. The Kier molecular flexibility index (Phi) is 1.23. The van der Waals surface area contributed by atoms with Crippen molar-refractivity contribution < 1.29 is 9.53 Å². The molecule has 0 radical (unpaired) electrons. The van der Waals surface area contributed by atoms with Crippen molar-refractivity contribution in [2.75, 3.05) is 5.32 Å². The molecule has 5 nitrogen and oxygen atoms in total. The summed E-state index contributed by atoms with van der Waals surface area (Å²) in [6.45, 7) is 1.82. The van der Waals surface area contributed by atoms with Crippen molar-refractivity contribution in [3.05, 3.63) is 11.8 Å². The highest BCUT2D eigenvalue weighted by molar-refractivity contribution is 6.02. The van der Waals surface area contributed by atoms with Crippen LogP contribution >= 0.6 is 0 Å². The number of anilines is 1. The lowest BCUT2D eigenvalue weighted by atomic mass is 10.2. The van der Waals surface area contributed by atoms with Gasteiger partial charge in [-0.2, -0.15) is 5.10 Å². The van der Waals surface area contributed by atoms with Crippen LogP contribution in [0.15, 0.2) is 6.07 Å². The lowest BCUT2D eigenvalue weighted by Crippen LogP contribution is -2.39. The van der Waals surface area contributed by atoms with Crippen LogP contribution in [0.2, 0.25) is 0 Å². The molecule has 1 saturated carbocycles. The van der Waals surface area contributed by atoms with E-state index in [9.17, 15) is 4.79 Å². The Morgan fingerprint density at radius 1 is 1.50 bits per heavy atom. The molecule has 2 aliphatic rings. The molecule has 1 aliphatic heterocycles. The van der Waals surface area contributed by atoms with Crippen molar-refractivity contribution in [2.24, 2.45) is 0 Å². The first kappa shape index (κ1) is 7.73. The number of nitrogens with zero attached hydrogens (tertiary/aromatic N) is 2. The number of carbonyl (C=O) groups excluding carboxylic acids is 1. The van der Waals surface area contributed by atoms with Gasteiger partial charge < -0.3 is 10.1 Å². The molecule has 0 saturated heterocycles. The summed E-state index contributed by atoms with van der Waals surface area (Å²) in [5.41, 5.74) is 0.760. The summed E-state index contributed by atoms with van der Waals surface area (Å²) in [6.07, 6.45) is 1.54. The van der Waals surface area contributed by atoms with E-state index in [2.05, 4.69) is 15.5 Å². The first-order chi connectivity index (χ1) is 6.70. The fraction of sp³-hybridized carbons (Fsp3) is 0.444. The van der Waals surface area contributed by atoms with Crippen LogP contribution in [0.1, 0.15) is 18.5 Å². The lowest BCUT2D eigenvalue weighted by Gasteiger charge is -2.23. The quantitative estimate of drug-likeness (QED) is 0.653. The maximum Gasteiger partial charge on any atom is 0.268 e. The third-order valence-corrected chi connectivity index (χ3v) is 2.54. The maximum absolute atomic E-state index is 11.6. The molecule has 0 atom stereocenters. The van der Waals surface area contributed by atoms with Gasteiger partial charge in [0.05, 0.1) is 5.69 Å². The fourth-order valence-electron chi connectivity index (χ4n) is 1.55. The van der Waals surface area contributed by atoms with Crippen LogP contribution < -0.4 is 10.1 Å². The number of hydrogen-bond donors (Lipinski definition) is 1. The number of carbonyl (C=O) groups is 1. The number of fused-ring (bicyclic) bond motifs is 1. The molecule has 14 heavy (non-hydrogen) atoms. The van der Waals surface area contributed by atoms with Gasteiger partial charge in [-0.15, -0.1) is 5.10 Å². The third kappa shape index (κ3) is 0.921. The van der Waals surface area contributed by atoms with Gasteiger partial charge in [0.25, 0.3) is 11.8 Å². The van der Waals surface area contributed by atoms with E-state index in [-0.39, 0.29) is 5.91 Å². The van der Waals surface area contributed by atoms with Gasteiger partial charge in [0.1, 0.15) is 5.69 Å². The number of aryl methyl sites for hydroxylation is 1. The van der Waals surface area contributed by atoms with Gasteiger partial charge >= 0.3 is 0 Å². The van der Waals surface area contributed by atoms with E-state index < -0.39 is 5.60 Å². The molecule has 1 amide bonds. The fourth-order valence-corrected chi connectivity index (χ4v) is 1.55. The number of hydrogen-bond acceptors (Lipinski definition) is 4. The highest BCUT2D eigenvalue weighted by Crippen LogP contribution is 2.45. The van der Waals surface area contributed by atoms with Crippen molar-refractivity contribution in [3.8, 4) is 5.88 Å². The average molecular weight is 191 g/mol. The molecule has 3 rings (SSSR count). The van der Waals surface area contributed by atoms with E-state index in [1.54, 1.807) is 6.07 Å². The zero-order valence-corrected chi connectivity index (χ0v) is 7.70. The first-order valence-electron chi connectivity index (χ1n) is 4.54. The lowest BCUT2D eigenvalue weighted by molar-refractivity contribution is -0.125. The predicted octanol–water partition coefficient (Wildman–Crippen LogP) is 0.649. The number of rotatable bonds is 0. The minimum atomic E-state index is -0.628. The zero-order valence-electron chi connectivity index (χ0n) is 7.70. The summed E-state index contributed by atoms with van der Waals surface area (Å²) in [5, 5.41) is 10.6. The van der Waals surface area contributed by atoms with Crippen LogP contribution in [0.4, 0.5) is 5.69 Å². The molecule has 2 heterocycles. The van der Waals surface area contributed by atoms with Crippen molar-refractivity contribution in [2.45, 2.75) is 25.4 Å². The highest BCUT2D eigenvalue weighted by atomic mass is 16.5. The molecular weight excluding hydrogens is 182 g/mol.